The van der Waals surface area contributed by atoms with E-state index in [0.717, 1.165) is 10.9 Å². The summed E-state index contributed by atoms with van der Waals surface area (Å²) in [5, 5.41) is 17.9. The number of ether oxygens (including phenoxy) is 1. The van der Waals surface area contributed by atoms with E-state index in [0.29, 0.717) is 11.3 Å². The number of carboxylic acid groups (broad SMARTS) is 1. The predicted octanol–water partition coefficient (Wildman–Crippen LogP) is 3.43. The number of aryl methyl sites for hydroxylation is 1. The number of hydrogen-bond donors (Lipinski definition) is 1. The SMILES string of the molecule is Cc1ccc(Oc2cnnc3ccccc23)c(C(=O)O)c1. The molecule has 104 valence electrons. The van der Waals surface area contributed by atoms with E-state index < -0.39 is 5.97 Å². The van der Waals surface area contributed by atoms with E-state index >= 15 is 0 Å². The number of hydrogen-bond acceptors (Lipinski definition) is 4. The number of benzene rings is 2. The molecule has 0 spiro atoms. The Balaban J connectivity index is 2.09. The Bertz CT molecular complexity index is 825. The molecular formula is C16H12N2O3. The van der Waals surface area contributed by atoms with Crippen LogP contribution in [0.25, 0.3) is 10.9 Å². The number of fused-ring (bicyclic) bond motifs is 1. The summed E-state index contributed by atoms with van der Waals surface area (Å²) in [5.41, 5.74) is 1.67. The Morgan fingerprint density at radius 3 is 2.76 bits per heavy atom. The second kappa shape index (κ2) is 5.20. The molecule has 0 aliphatic heterocycles. The minimum atomic E-state index is -1.03. The van der Waals surface area contributed by atoms with Gasteiger partial charge >= 0.3 is 5.97 Å². The topological polar surface area (TPSA) is 72.3 Å². The third-order valence-corrected chi connectivity index (χ3v) is 3.10. The van der Waals surface area contributed by atoms with Gasteiger partial charge in [0.15, 0.2) is 5.75 Å². The summed E-state index contributed by atoms with van der Waals surface area (Å²) in [4.78, 5) is 11.3. The van der Waals surface area contributed by atoms with Crippen molar-refractivity contribution >= 4 is 16.9 Å². The quantitative estimate of drug-likeness (QED) is 0.795. The summed E-state index contributed by atoms with van der Waals surface area (Å²) >= 11 is 0. The van der Waals surface area contributed by atoms with Gasteiger partial charge in [0.2, 0.25) is 0 Å². The Kier molecular flexibility index (Phi) is 3.23. The maximum Gasteiger partial charge on any atom is 0.339 e. The van der Waals surface area contributed by atoms with Gasteiger partial charge in [-0.1, -0.05) is 23.8 Å². The maximum atomic E-state index is 11.3. The largest absolute Gasteiger partial charge is 0.478 e. The zero-order chi connectivity index (χ0) is 14.8. The highest BCUT2D eigenvalue weighted by molar-refractivity contribution is 5.91. The van der Waals surface area contributed by atoms with Crippen LogP contribution < -0.4 is 4.74 Å². The van der Waals surface area contributed by atoms with E-state index in [9.17, 15) is 9.90 Å². The molecule has 3 rings (SSSR count). The van der Waals surface area contributed by atoms with Gasteiger partial charge in [-0.2, -0.15) is 10.2 Å². The molecule has 0 atom stereocenters. The molecule has 0 fully saturated rings. The van der Waals surface area contributed by atoms with E-state index in [1.54, 1.807) is 18.2 Å². The summed E-state index contributed by atoms with van der Waals surface area (Å²) in [5.74, 6) is -0.266. The van der Waals surface area contributed by atoms with Gasteiger partial charge in [-0.25, -0.2) is 4.79 Å². The zero-order valence-electron chi connectivity index (χ0n) is 11.3. The molecule has 1 aromatic heterocycles. The molecule has 3 aromatic rings. The van der Waals surface area contributed by atoms with Crippen LogP contribution in [0.1, 0.15) is 15.9 Å². The lowest BCUT2D eigenvalue weighted by Gasteiger charge is -2.10. The molecule has 0 amide bonds. The summed E-state index contributed by atoms with van der Waals surface area (Å²) in [6.45, 7) is 1.83. The van der Waals surface area contributed by atoms with Crippen molar-refractivity contribution in [2.75, 3.05) is 0 Å². The van der Waals surface area contributed by atoms with Crippen molar-refractivity contribution in [1.29, 1.82) is 0 Å². The van der Waals surface area contributed by atoms with Gasteiger partial charge in [-0.05, 0) is 31.2 Å². The lowest BCUT2D eigenvalue weighted by atomic mass is 10.1. The first-order valence-electron chi connectivity index (χ1n) is 6.37. The van der Waals surface area contributed by atoms with Crippen LogP contribution in [0.5, 0.6) is 11.5 Å². The zero-order valence-corrected chi connectivity index (χ0v) is 11.3. The van der Waals surface area contributed by atoms with Gasteiger partial charge in [0, 0.05) is 5.39 Å². The van der Waals surface area contributed by atoms with Gasteiger partial charge in [0.1, 0.15) is 11.3 Å². The minimum Gasteiger partial charge on any atom is -0.478 e. The predicted molar refractivity (Wildman–Crippen MR) is 77.8 cm³/mol. The Labute approximate surface area is 120 Å². The molecule has 1 heterocycles. The second-order valence-electron chi connectivity index (χ2n) is 4.63. The van der Waals surface area contributed by atoms with Crippen LogP contribution in [0, 0.1) is 6.92 Å². The first-order valence-corrected chi connectivity index (χ1v) is 6.37. The first-order chi connectivity index (χ1) is 10.1. The molecule has 5 heteroatoms. The Morgan fingerprint density at radius 2 is 1.95 bits per heavy atom. The van der Waals surface area contributed by atoms with Crippen LogP contribution in [-0.4, -0.2) is 21.3 Å². The van der Waals surface area contributed by atoms with E-state index in [1.165, 1.54) is 6.20 Å². The molecule has 21 heavy (non-hydrogen) atoms. The number of nitrogens with zero attached hydrogens (tertiary/aromatic N) is 2. The number of aromatic carboxylic acids is 1. The van der Waals surface area contributed by atoms with Crippen LogP contribution in [0.2, 0.25) is 0 Å². The van der Waals surface area contributed by atoms with Crippen molar-refractivity contribution in [2.45, 2.75) is 6.92 Å². The smallest absolute Gasteiger partial charge is 0.339 e. The lowest BCUT2D eigenvalue weighted by molar-refractivity contribution is 0.0694. The van der Waals surface area contributed by atoms with Crippen LogP contribution >= 0.6 is 0 Å². The molecule has 1 N–H and O–H groups in total. The van der Waals surface area contributed by atoms with Gasteiger partial charge in [-0.3, -0.25) is 0 Å². The van der Waals surface area contributed by atoms with Crippen molar-refractivity contribution in [3.8, 4) is 11.5 Å². The molecule has 0 unspecified atom stereocenters. The standard InChI is InChI=1S/C16H12N2O3/c1-10-6-7-14(12(8-10)16(19)20)21-15-9-17-18-13-5-3-2-4-11(13)15/h2-9H,1H3,(H,19,20). The molecule has 0 radical (unpaired) electrons. The van der Waals surface area contributed by atoms with Crippen LogP contribution in [0.3, 0.4) is 0 Å². The molecule has 0 saturated heterocycles. The van der Waals surface area contributed by atoms with Crippen LogP contribution in [0.15, 0.2) is 48.7 Å². The second-order valence-corrected chi connectivity index (χ2v) is 4.63. The van der Waals surface area contributed by atoms with E-state index in [-0.39, 0.29) is 11.3 Å². The van der Waals surface area contributed by atoms with Crippen molar-refractivity contribution in [2.24, 2.45) is 0 Å². The molecule has 0 bridgehead atoms. The number of carbonyl (C=O) groups is 1. The van der Waals surface area contributed by atoms with Crippen molar-refractivity contribution in [3.63, 3.8) is 0 Å². The fourth-order valence-corrected chi connectivity index (χ4v) is 2.08. The van der Waals surface area contributed by atoms with Gasteiger partial charge in [0.05, 0.1) is 11.7 Å². The number of rotatable bonds is 3. The Morgan fingerprint density at radius 1 is 1.14 bits per heavy atom. The molecule has 0 saturated carbocycles. The molecule has 5 nitrogen and oxygen atoms in total. The van der Waals surface area contributed by atoms with Crippen LogP contribution in [-0.2, 0) is 0 Å². The monoisotopic (exact) mass is 280 g/mol. The van der Waals surface area contributed by atoms with Gasteiger partial charge < -0.3 is 9.84 Å². The summed E-state index contributed by atoms with van der Waals surface area (Å²) < 4.78 is 5.76. The summed E-state index contributed by atoms with van der Waals surface area (Å²) in [6.07, 6.45) is 1.48. The number of carboxylic acids is 1. The van der Waals surface area contributed by atoms with E-state index in [4.69, 9.17) is 4.74 Å². The van der Waals surface area contributed by atoms with Crippen molar-refractivity contribution in [3.05, 3.63) is 59.8 Å². The average molecular weight is 280 g/mol. The first kappa shape index (κ1) is 13.1. The van der Waals surface area contributed by atoms with Gasteiger partial charge in [-0.15, -0.1) is 0 Å². The van der Waals surface area contributed by atoms with Gasteiger partial charge in [0.25, 0.3) is 0 Å². The average Bonchev–Trinajstić information content (AvgIpc) is 2.49. The van der Waals surface area contributed by atoms with Crippen LogP contribution in [0.4, 0.5) is 0 Å². The minimum absolute atomic E-state index is 0.121. The highest BCUT2D eigenvalue weighted by Gasteiger charge is 2.13. The highest BCUT2D eigenvalue weighted by Crippen LogP contribution is 2.30. The number of aromatic nitrogens is 2. The fraction of sp³-hybridized carbons (Fsp3) is 0.0625. The highest BCUT2D eigenvalue weighted by atomic mass is 16.5. The third kappa shape index (κ3) is 2.53. The fourth-order valence-electron chi connectivity index (χ4n) is 2.08. The molecule has 0 aliphatic carbocycles. The third-order valence-electron chi connectivity index (χ3n) is 3.10. The van der Waals surface area contributed by atoms with E-state index in [1.807, 2.05) is 31.2 Å². The molecule has 2 aromatic carbocycles. The maximum absolute atomic E-state index is 11.3. The normalized spacial score (nSPS) is 10.5. The molecule has 0 aliphatic rings. The summed E-state index contributed by atoms with van der Waals surface area (Å²) in [6, 6.07) is 12.4. The van der Waals surface area contributed by atoms with E-state index in [2.05, 4.69) is 10.2 Å². The lowest BCUT2D eigenvalue weighted by Crippen LogP contribution is -2.01. The van der Waals surface area contributed by atoms with Crippen molar-refractivity contribution < 1.29 is 14.6 Å². The summed E-state index contributed by atoms with van der Waals surface area (Å²) in [7, 11) is 0. The molecular weight excluding hydrogens is 268 g/mol. The van der Waals surface area contributed by atoms with Crippen molar-refractivity contribution in [1.82, 2.24) is 10.2 Å². The Hall–Kier alpha value is -2.95.